The SMILES string of the molecule is O=C(O[C@@H]1CCCCC1=O)c1cc2ccccc2cc1O. The topological polar surface area (TPSA) is 63.6 Å². The Morgan fingerprint density at radius 3 is 2.57 bits per heavy atom. The van der Waals surface area contributed by atoms with Crippen LogP contribution in [0.25, 0.3) is 10.8 Å². The fourth-order valence-corrected chi connectivity index (χ4v) is 2.66. The van der Waals surface area contributed by atoms with Gasteiger partial charge in [0.25, 0.3) is 0 Å². The number of aromatic hydroxyl groups is 1. The third-order valence-corrected chi connectivity index (χ3v) is 3.83. The van der Waals surface area contributed by atoms with Crippen LogP contribution in [0.1, 0.15) is 36.0 Å². The van der Waals surface area contributed by atoms with Crippen molar-refractivity contribution in [1.82, 2.24) is 0 Å². The third-order valence-electron chi connectivity index (χ3n) is 3.83. The number of carbonyl (C=O) groups is 2. The first-order valence-corrected chi connectivity index (χ1v) is 7.10. The Balaban J connectivity index is 1.87. The van der Waals surface area contributed by atoms with Crippen LogP contribution >= 0.6 is 0 Å². The van der Waals surface area contributed by atoms with E-state index < -0.39 is 12.1 Å². The van der Waals surface area contributed by atoms with Crippen LogP contribution in [-0.2, 0) is 9.53 Å². The standard InChI is InChI=1S/C17H16O4/c18-14-7-3-4-8-16(14)21-17(20)13-9-11-5-1-2-6-12(11)10-15(13)19/h1-2,5-6,9-10,16,19H,3-4,7-8H2/t16-/m1/s1. The van der Waals surface area contributed by atoms with Crippen LogP contribution in [0.15, 0.2) is 36.4 Å². The lowest BCUT2D eigenvalue weighted by Crippen LogP contribution is -2.30. The Labute approximate surface area is 122 Å². The number of carbonyl (C=O) groups excluding carboxylic acids is 2. The second-order valence-electron chi connectivity index (χ2n) is 5.32. The molecule has 0 radical (unpaired) electrons. The number of ketones is 1. The molecule has 0 unspecified atom stereocenters. The second-order valence-corrected chi connectivity index (χ2v) is 5.32. The molecule has 2 aromatic rings. The van der Waals surface area contributed by atoms with Gasteiger partial charge in [0.2, 0.25) is 0 Å². The molecule has 1 N–H and O–H groups in total. The quantitative estimate of drug-likeness (QED) is 0.860. The molecule has 0 bridgehead atoms. The van der Waals surface area contributed by atoms with Crippen molar-refractivity contribution in [3.63, 3.8) is 0 Å². The van der Waals surface area contributed by atoms with Crippen LogP contribution < -0.4 is 0 Å². The zero-order valence-corrected chi connectivity index (χ0v) is 11.5. The molecular weight excluding hydrogens is 268 g/mol. The van der Waals surface area contributed by atoms with Crippen molar-refractivity contribution in [2.45, 2.75) is 31.8 Å². The summed E-state index contributed by atoms with van der Waals surface area (Å²) in [6, 6.07) is 10.6. The van der Waals surface area contributed by atoms with E-state index in [4.69, 9.17) is 4.74 Å². The van der Waals surface area contributed by atoms with E-state index in [1.165, 1.54) is 6.07 Å². The molecule has 0 aromatic heterocycles. The van der Waals surface area contributed by atoms with E-state index in [0.717, 1.165) is 23.6 Å². The van der Waals surface area contributed by atoms with E-state index in [1.807, 2.05) is 24.3 Å². The maximum atomic E-state index is 12.2. The highest BCUT2D eigenvalue weighted by Gasteiger charge is 2.27. The van der Waals surface area contributed by atoms with Gasteiger partial charge in [-0.25, -0.2) is 4.79 Å². The second kappa shape index (κ2) is 5.56. The van der Waals surface area contributed by atoms with E-state index in [9.17, 15) is 14.7 Å². The number of fused-ring (bicyclic) bond motifs is 1. The Morgan fingerprint density at radius 1 is 1.14 bits per heavy atom. The van der Waals surface area contributed by atoms with Gasteiger partial charge in [-0.2, -0.15) is 0 Å². The molecule has 1 aliphatic carbocycles. The number of rotatable bonds is 2. The van der Waals surface area contributed by atoms with Crippen molar-refractivity contribution in [3.8, 4) is 5.75 Å². The predicted octanol–water partition coefficient (Wildman–Crippen LogP) is 3.21. The summed E-state index contributed by atoms with van der Waals surface area (Å²) < 4.78 is 5.27. The van der Waals surface area contributed by atoms with E-state index in [1.54, 1.807) is 6.07 Å². The van der Waals surface area contributed by atoms with Crippen molar-refractivity contribution in [2.24, 2.45) is 0 Å². The van der Waals surface area contributed by atoms with Gasteiger partial charge in [-0.15, -0.1) is 0 Å². The first kappa shape index (κ1) is 13.6. The first-order chi connectivity index (χ1) is 10.1. The van der Waals surface area contributed by atoms with Crippen LogP contribution in [0.4, 0.5) is 0 Å². The number of hydrogen-bond acceptors (Lipinski definition) is 4. The normalized spacial score (nSPS) is 18.7. The number of ether oxygens (including phenoxy) is 1. The van der Waals surface area contributed by atoms with E-state index in [0.29, 0.717) is 12.8 Å². The van der Waals surface area contributed by atoms with Gasteiger partial charge in [0, 0.05) is 6.42 Å². The summed E-state index contributed by atoms with van der Waals surface area (Å²) in [7, 11) is 0. The Kier molecular flexibility index (Phi) is 3.60. The predicted molar refractivity (Wildman–Crippen MR) is 78.3 cm³/mol. The van der Waals surface area contributed by atoms with E-state index >= 15 is 0 Å². The zero-order valence-electron chi connectivity index (χ0n) is 11.5. The summed E-state index contributed by atoms with van der Waals surface area (Å²) in [5.74, 6) is -0.796. The van der Waals surface area contributed by atoms with Gasteiger partial charge >= 0.3 is 5.97 Å². The molecule has 0 amide bonds. The highest BCUT2D eigenvalue weighted by molar-refractivity contribution is 5.99. The van der Waals surface area contributed by atoms with Crippen molar-refractivity contribution in [2.75, 3.05) is 0 Å². The summed E-state index contributed by atoms with van der Waals surface area (Å²) in [4.78, 5) is 23.9. The number of hydrogen-bond donors (Lipinski definition) is 1. The molecule has 1 fully saturated rings. The molecule has 4 nitrogen and oxygen atoms in total. The molecule has 0 spiro atoms. The Morgan fingerprint density at radius 2 is 1.86 bits per heavy atom. The van der Waals surface area contributed by atoms with Crippen LogP contribution in [0.3, 0.4) is 0 Å². The number of phenols is 1. The average molecular weight is 284 g/mol. The first-order valence-electron chi connectivity index (χ1n) is 7.10. The van der Waals surface area contributed by atoms with E-state index in [2.05, 4.69) is 0 Å². The van der Waals surface area contributed by atoms with Crippen molar-refractivity contribution >= 4 is 22.5 Å². The minimum Gasteiger partial charge on any atom is -0.507 e. The lowest BCUT2D eigenvalue weighted by molar-refractivity contribution is -0.129. The Hall–Kier alpha value is -2.36. The van der Waals surface area contributed by atoms with Crippen molar-refractivity contribution in [3.05, 3.63) is 42.0 Å². The van der Waals surface area contributed by atoms with Gasteiger partial charge in [0.05, 0.1) is 0 Å². The van der Waals surface area contributed by atoms with E-state index in [-0.39, 0.29) is 17.1 Å². The molecule has 2 aromatic carbocycles. The maximum Gasteiger partial charge on any atom is 0.342 e. The minimum atomic E-state index is -0.669. The number of esters is 1. The van der Waals surface area contributed by atoms with Crippen LogP contribution in [0.5, 0.6) is 5.75 Å². The third kappa shape index (κ3) is 2.75. The molecule has 21 heavy (non-hydrogen) atoms. The smallest absolute Gasteiger partial charge is 0.342 e. The van der Waals surface area contributed by atoms with Crippen LogP contribution in [-0.4, -0.2) is 23.0 Å². The summed E-state index contributed by atoms with van der Waals surface area (Å²) in [5.41, 5.74) is 0.104. The fraction of sp³-hybridized carbons (Fsp3) is 0.294. The molecule has 1 aliphatic rings. The van der Waals surface area contributed by atoms with Gasteiger partial charge in [0.1, 0.15) is 11.3 Å². The maximum absolute atomic E-state index is 12.2. The molecule has 0 heterocycles. The fourth-order valence-electron chi connectivity index (χ4n) is 2.66. The van der Waals surface area contributed by atoms with Crippen molar-refractivity contribution in [1.29, 1.82) is 0 Å². The van der Waals surface area contributed by atoms with Crippen molar-refractivity contribution < 1.29 is 19.4 Å². The van der Waals surface area contributed by atoms with Gasteiger partial charge in [-0.05, 0) is 42.2 Å². The largest absolute Gasteiger partial charge is 0.507 e. The lowest BCUT2D eigenvalue weighted by atomic mass is 9.96. The Bertz CT molecular complexity index is 705. The van der Waals surface area contributed by atoms with Gasteiger partial charge < -0.3 is 9.84 Å². The molecule has 1 saturated carbocycles. The summed E-state index contributed by atoms with van der Waals surface area (Å²) >= 11 is 0. The minimum absolute atomic E-state index is 0.0325. The molecule has 1 atom stereocenters. The molecule has 108 valence electrons. The summed E-state index contributed by atoms with van der Waals surface area (Å²) in [5, 5.41) is 11.7. The molecule has 0 saturated heterocycles. The monoisotopic (exact) mass is 284 g/mol. The molecule has 4 heteroatoms. The molecular formula is C17H16O4. The average Bonchev–Trinajstić information content (AvgIpc) is 2.49. The molecule has 3 rings (SSSR count). The van der Waals surface area contributed by atoms with Gasteiger partial charge in [0.15, 0.2) is 11.9 Å². The number of Topliss-reactive ketones (excluding diaryl/α,β-unsaturated/α-hetero) is 1. The lowest BCUT2D eigenvalue weighted by Gasteiger charge is -2.20. The number of benzene rings is 2. The van der Waals surface area contributed by atoms with Crippen LogP contribution in [0, 0.1) is 0 Å². The highest BCUT2D eigenvalue weighted by Crippen LogP contribution is 2.27. The van der Waals surface area contributed by atoms with Crippen LogP contribution in [0.2, 0.25) is 0 Å². The zero-order chi connectivity index (χ0) is 14.8. The highest BCUT2D eigenvalue weighted by atomic mass is 16.5. The molecule has 0 aliphatic heterocycles. The van der Waals surface area contributed by atoms with Gasteiger partial charge in [-0.1, -0.05) is 24.3 Å². The van der Waals surface area contributed by atoms with Gasteiger partial charge in [-0.3, -0.25) is 4.79 Å². The number of phenolic OH excluding ortho intramolecular Hbond substituents is 1. The summed E-state index contributed by atoms with van der Waals surface area (Å²) in [6.07, 6.45) is 2.10. The summed E-state index contributed by atoms with van der Waals surface area (Å²) in [6.45, 7) is 0.